The summed E-state index contributed by atoms with van der Waals surface area (Å²) < 4.78 is 5.86. The highest BCUT2D eigenvalue weighted by atomic mass is 32.2. The fraction of sp³-hybridized carbons (Fsp3) is 0.0625. The van der Waals surface area contributed by atoms with E-state index in [0.717, 1.165) is 10.5 Å². The lowest BCUT2D eigenvalue weighted by Gasteiger charge is -2.07. The maximum atomic E-state index is 12.1. The molecule has 2 aromatic carbocycles. The Morgan fingerprint density at radius 2 is 1.74 bits per heavy atom. The molecule has 0 aliphatic heterocycles. The SMILES string of the molecule is CSc1ccccc1-c1cc(=O)c2ccccc2o1. The second-order valence-corrected chi connectivity index (χ2v) is 5.02. The third-order valence-corrected chi connectivity index (χ3v) is 3.80. The predicted octanol–water partition coefficient (Wildman–Crippen LogP) is 4.18. The molecule has 1 heterocycles. The number of thioether (sulfide) groups is 1. The molecule has 0 aliphatic rings. The Hall–Kier alpha value is -2.00. The zero-order chi connectivity index (χ0) is 13.2. The van der Waals surface area contributed by atoms with E-state index in [0.29, 0.717) is 16.7 Å². The van der Waals surface area contributed by atoms with Gasteiger partial charge in [0.15, 0.2) is 5.43 Å². The van der Waals surface area contributed by atoms with Gasteiger partial charge in [0.1, 0.15) is 11.3 Å². The van der Waals surface area contributed by atoms with E-state index in [1.807, 2.05) is 48.7 Å². The van der Waals surface area contributed by atoms with Gasteiger partial charge in [-0.3, -0.25) is 4.79 Å². The Kier molecular flexibility index (Phi) is 3.13. The Bertz CT molecular complexity index is 790. The van der Waals surface area contributed by atoms with Crippen molar-refractivity contribution in [3.63, 3.8) is 0 Å². The smallest absolute Gasteiger partial charge is 0.193 e. The van der Waals surface area contributed by atoms with Gasteiger partial charge >= 0.3 is 0 Å². The van der Waals surface area contributed by atoms with Gasteiger partial charge in [0, 0.05) is 16.5 Å². The molecule has 2 nitrogen and oxygen atoms in total. The average Bonchev–Trinajstić information content (AvgIpc) is 2.47. The molecule has 0 unspecified atom stereocenters. The van der Waals surface area contributed by atoms with Crippen molar-refractivity contribution in [1.82, 2.24) is 0 Å². The minimum Gasteiger partial charge on any atom is -0.456 e. The van der Waals surface area contributed by atoms with Crippen molar-refractivity contribution in [3.8, 4) is 11.3 Å². The summed E-state index contributed by atoms with van der Waals surface area (Å²) in [4.78, 5) is 13.2. The summed E-state index contributed by atoms with van der Waals surface area (Å²) in [6.07, 6.45) is 2.01. The summed E-state index contributed by atoms with van der Waals surface area (Å²) in [5, 5.41) is 0.618. The minimum absolute atomic E-state index is 0.00671. The first-order valence-corrected chi connectivity index (χ1v) is 7.18. The first kappa shape index (κ1) is 12.1. The third-order valence-electron chi connectivity index (χ3n) is 3.01. The minimum atomic E-state index is -0.00671. The molecular weight excluding hydrogens is 256 g/mol. The summed E-state index contributed by atoms with van der Waals surface area (Å²) in [6.45, 7) is 0. The van der Waals surface area contributed by atoms with E-state index in [1.54, 1.807) is 23.9 Å². The van der Waals surface area contributed by atoms with Gasteiger partial charge < -0.3 is 4.42 Å². The maximum absolute atomic E-state index is 12.1. The van der Waals surface area contributed by atoms with Crippen molar-refractivity contribution in [3.05, 3.63) is 64.8 Å². The van der Waals surface area contributed by atoms with Crippen molar-refractivity contribution < 1.29 is 4.42 Å². The van der Waals surface area contributed by atoms with Crippen LogP contribution in [0.1, 0.15) is 0 Å². The first-order chi connectivity index (χ1) is 9.29. The third kappa shape index (κ3) is 2.17. The molecule has 0 saturated carbocycles. The second-order valence-electron chi connectivity index (χ2n) is 4.17. The van der Waals surface area contributed by atoms with Crippen LogP contribution in [0, 0.1) is 0 Å². The van der Waals surface area contributed by atoms with Crippen LogP contribution in [0.3, 0.4) is 0 Å². The van der Waals surface area contributed by atoms with Crippen molar-refractivity contribution >= 4 is 22.7 Å². The molecule has 94 valence electrons. The molecule has 0 atom stereocenters. The predicted molar refractivity (Wildman–Crippen MR) is 79.7 cm³/mol. The van der Waals surface area contributed by atoms with E-state index in [2.05, 4.69) is 0 Å². The Labute approximate surface area is 115 Å². The van der Waals surface area contributed by atoms with E-state index in [1.165, 1.54) is 0 Å². The molecule has 0 saturated heterocycles. The molecule has 3 heteroatoms. The summed E-state index contributed by atoms with van der Waals surface area (Å²) in [5.74, 6) is 0.619. The van der Waals surface area contributed by atoms with E-state index in [-0.39, 0.29) is 5.43 Å². The molecule has 0 N–H and O–H groups in total. The summed E-state index contributed by atoms with van der Waals surface area (Å²) >= 11 is 1.64. The Balaban J connectivity index is 2.29. The fourth-order valence-corrected chi connectivity index (χ4v) is 2.69. The molecule has 0 radical (unpaired) electrons. The van der Waals surface area contributed by atoms with E-state index >= 15 is 0 Å². The monoisotopic (exact) mass is 268 g/mol. The Morgan fingerprint density at radius 3 is 2.58 bits per heavy atom. The van der Waals surface area contributed by atoms with E-state index < -0.39 is 0 Å². The van der Waals surface area contributed by atoms with Crippen LogP contribution in [0.5, 0.6) is 0 Å². The van der Waals surface area contributed by atoms with Crippen molar-refractivity contribution in [2.45, 2.75) is 4.90 Å². The van der Waals surface area contributed by atoms with Gasteiger partial charge in [-0.2, -0.15) is 0 Å². The number of benzene rings is 2. The highest BCUT2D eigenvalue weighted by Crippen LogP contribution is 2.30. The van der Waals surface area contributed by atoms with Gasteiger partial charge in [-0.05, 0) is 24.5 Å². The second kappa shape index (κ2) is 4.94. The summed E-state index contributed by atoms with van der Waals surface area (Å²) in [6, 6.07) is 16.8. The highest BCUT2D eigenvalue weighted by molar-refractivity contribution is 7.98. The van der Waals surface area contributed by atoms with Crippen LogP contribution in [-0.4, -0.2) is 6.26 Å². The largest absolute Gasteiger partial charge is 0.456 e. The molecule has 0 amide bonds. The lowest BCUT2D eigenvalue weighted by atomic mass is 10.1. The molecule has 19 heavy (non-hydrogen) atoms. The highest BCUT2D eigenvalue weighted by Gasteiger charge is 2.09. The first-order valence-electron chi connectivity index (χ1n) is 5.96. The lowest BCUT2D eigenvalue weighted by molar-refractivity contribution is 0.617. The van der Waals surface area contributed by atoms with Gasteiger partial charge in [-0.25, -0.2) is 0 Å². The van der Waals surface area contributed by atoms with Crippen LogP contribution in [0.25, 0.3) is 22.3 Å². The number of hydrogen-bond acceptors (Lipinski definition) is 3. The number of hydrogen-bond donors (Lipinski definition) is 0. The molecular formula is C16H12O2S. The van der Waals surface area contributed by atoms with Gasteiger partial charge in [-0.1, -0.05) is 30.3 Å². The normalized spacial score (nSPS) is 10.8. The van der Waals surface area contributed by atoms with E-state index in [4.69, 9.17) is 4.42 Å². The lowest BCUT2D eigenvalue weighted by Crippen LogP contribution is -2.00. The van der Waals surface area contributed by atoms with Crippen molar-refractivity contribution in [2.75, 3.05) is 6.26 Å². The average molecular weight is 268 g/mol. The number of fused-ring (bicyclic) bond motifs is 1. The van der Waals surface area contributed by atoms with Crippen molar-refractivity contribution in [1.29, 1.82) is 0 Å². The van der Waals surface area contributed by atoms with E-state index in [9.17, 15) is 4.79 Å². The van der Waals surface area contributed by atoms with Crippen LogP contribution >= 0.6 is 11.8 Å². The van der Waals surface area contributed by atoms with Gasteiger partial charge in [-0.15, -0.1) is 11.8 Å². The summed E-state index contributed by atoms with van der Waals surface area (Å²) in [5.41, 5.74) is 1.58. The van der Waals surface area contributed by atoms with Crippen LogP contribution in [0.4, 0.5) is 0 Å². The van der Waals surface area contributed by atoms with Crippen molar-refractivity contribution in [2.24, 2.45) is 0 Å². The van der Waals surface area contributed by atoms with Gasteiger partial charge in [0.2, 0.25) is 0 Å². The molecule has 0 aliphatic carbocycles. The molecule has 1 aromatic heterocycles. The van der Waals surface area contributed by atoms with Gasteiger partial charge in [0.25, 0.3) is 0 Å². The maximum Gasteiger partial charge on any atom is 0.193 e. The quantitative estimate of drug-likeness (QED) is 0.653. The van der Waals surface area contributed by atoms with Crippen LogP contribution in [0.2, 0.25) is 0 Å². The molecule has 3 aromatic rings. The zero-order valence-corrected chi connectivity index (χ0v) is 11.2. The van der Waals surface area contributed by atoms with Crippen LogP contribution in [-0.2, 0) is 0 Å². The molecule has 0 spiro atoms. The number of para-hydroxylation sites is 1. The standard InChI is InChI=1S/C16H12O2S/c1-19-16-9-5-3-7-12(16)15-10-13(17)11-6-2-4-8-14(11)18-15/h2-10H,1H3. The zero-order valence-electron chi connectivity index (χ0n) is 10.4. The molecule has 3 rings (SSSR count). The topological polar surface area (TPSA) is 30.2 Å². The molecule has 0 fully saturated rings. The molecule has 0 bridgehead atoms. The number of rotatable bonds is 2. The van der Waals surface area contributed by atoms with Crippen LogP contribution in [0.15, 0.2) is 68.7 Å². The fourth-order valence-electron chi connectivity index (χ4n) is 2.08. The van der Waals surface area contributed by atoms with Gasteiger partial charge in [0.05, 0.1) is 5.39 Å². The Morgan fingerprint density at radius 1 is 1.00 bits per heavy atom. The summed E-state index contributed by atoms with van der Waals surface area (Å²) in [7, 11) is 0. The van der Waals surface area contributed by atoms with Crippen LogP contribution < -0.4 is 5.43 Å².